The van der Waals surface area contributed by atoms with Crippen LogP contribution in [0.5, 0.6) is 0 Å². The molecule has 4 nitrogen and oxygen atoms in total. The lowest BCUT2D eigenvalue weighted by Crippen LogP contribution is -2.27. The summed E-state index contributed by atoms with van der Waals surface area (Å²) < 4.78 is 0. The van der Waals surface area contributed by atoms with Crippen molar-refractivity contribution < 1.29 is 10.2 Å². The van der Waals surface area contributed by atoms with E-state index in [4.69, 9.17) is 5.73 Å². The van der Waals surface area contributed by atoms with Gasteiger partial charge in [0.25, 0.3) is 0 Å². The third-order valence-electron chi connectivity index (χ3n) is 3.44. The van der Waals surface area contributed by atoms with Crippen LogP contribution in [0.2, 0.25) is 0 Å². The van der Waals surface area contributed by atoms with Gasteiger partial charge in [-0.15, -0.1) is 0 Å². The van der Waals surface area contributed by atoms with Gasteiger partial charge in [-0.25, -0.2) is 0 Å². The monoisotopic (exact) mass is 238 g/mol. The molecule has 1 fully saturated rings. The zero-order valence-electron chi connectivity index (χ0n) is 10.6. The Bertz CT molecular complexity index is 343. The zero-order valence-corrected chi connectivity index (χ0v) is 10.6. The Morgan fingerprint density at radius 3 is 2.47 bits per heavy atom. The SMILES string of the molecule is C=C/N=C(C[C@@H]1CC[C@@H](O)[C@H]1O)\C(C)=C(/C)N. The van der Waals surface area contributed by atoms with Gasteiger partial charge in [-0.3, -0.25) is 4.99 Å². The Balaban J connectivity index is 2.79. The number of hydrogen-bond donors (Lipinski definition) is 3. The molecule has 3 atom stereocenters. The third-order valence-corrected chi connectivity index (χ3v) is 3.44. The van der Waals surface area contributed by atoms with E-state index in [-0.39, 0.29) is 5.92 Å². The summed E-state index contributed by atoms with van der Waals surface area (Å²) in [6, 6.07) is 0. The number of aliphatic imine (C=N–C) groups is 1. The summed E-state index contributed by atoms with van der Waals surface area (Å²) in [6.45, 7) is 7.33. The van der Waals surface area contributed by atoms with Crippen LogP contribution in [0.3, 0.4) is 0 Å². The molecular formula is C13H22N2O2. The molecule has 1 aliphatic carbocycles. The average Bonchev–Trinajstić information content (AvgIpc) is 2.59. The van der Waals surface area contributed by atoms with E-state index < -0.39 is 12.2 Å². The summed E-state index contributed by atoms with van der Waals surface area (Å²) in [5.41, 5.74) is 8.25. The smallest absolute Gasteiger partial charge is 0.0830 e. The molecule has 0 radical (unpaired) electrons. The van der Waals surface area contributed by atoms with Crippen molar-refractivity contribution in [2.45, 2.75) is 45.3 Å². The number of nitrogens with two attached hydrogens (primary N) is 1. The highest BCUT2D eigenvalue weighted by Gasteiger charge is 2.34. The van der Waals surface area contributed by atoms with E-state index in [9.17, 15) is 10.2 Å². The van der Waals surface area contributed by atoms with Crippen molar-refractivity contribution in [3.8, 4) is 0 Å². The van der Waals surface area contributed by atoms with Crippen LogP contribution in [-0.2, 0) is 0 Å². The maximum atomic E-state index is 9.82. The first-order chi connectivity index (χ1) is 7.97. The molecule has 0 aromatic carbocycles. The van der Waals surface area contributed by atoms with Crippen molar-refractivity contribution in [3.05, 3.63) is 24.0 Å². The highest BCUT2D eigenvalue weighted by Crippen LogP contribution is 2.30. The molecule has 0 heterocycles. The Morgan fingerprint density at radius 1 is 1.41 bits per heavy atom. The summed E-state index contributed by atoms with van der Waals surface area (Å²) in [5.74, 6) is 0.0537. The molecule has 0 aliphatic heterocycles. The van der Waals surface area contributed by atoms with Crippen LogP contribution < -0.4 is 5.73 Å². The van der Waals surface area contributed by atoms with E-state index in [1.54, 1.807) is 0 Å². The molecule has 0 aromatic rings. The quantitative estimate of drug-likeness (QED) is 0.647. The van der Waals surface area contributed by atoms with Crippen molar-refractivity contribution in [1.82, 2.24) is 0 Å². The molecule has 4 N–H and O–H groups in total. The van der Waals surface area contributed by atoms with Crippen molar-refractivity contribution in [1.29, 1.82) is 0 Å². The zero-order chi connectivity index (χ0) is 13.0. The van der Waals surface area contributed by atoms with E-state index in [2.05, 4.69) is 11.6 Å². The van der Waals surface area contributed by atoms with E-state index >= 15 is 0 Å². The molecule has 0 unspecified atom stereocenters. The first-order valence-electron chi connectivity index (χ1n) is 5.94. The van der Waals surface area contributed by atoms with Crippen LogP contribution in [0.25, 0.3) is 0 Å². The normalized spacial score (nSPS) is 31.3. The van der Waals surface area contributed by atoms with Crippen molar-refractivity contribution in [3.63, 3.8) is 0 Å². The van der Waals surface area contributed by atoms with Gasteiger partial charge in [0.05, 0.1) is 12.2 Å². The van der Waals surface area contributed by atoms with Gasteiger partial charge in [0.15, 0.2) is 0 Å². The molecule has 96 valence electrons. The fourth-order valence-electron chi connectivity index (χ4n) is 2.15. The fourth-order valence-corrected chi connectivity index (χ4v) is 2.15. The van der Waals surface area contributed by atoms with Crippen LogP contribution >= 0.6 is 0 Å². The lowest BCUT2D eigenvalue weighted by Gasteiger charge is -2.18. The van der Waals surface area contributed by atoms with Gasteiger partial charge in [-0.05, 0) is 44.6 Å². The Hall–Kier alpha value is -1.13. The van der Waals surface area contributed by atoms with Crippen molar-refractivity contribution in [2.24, 2.45) is 16.6 Å². The van der Waals surface area contributed by atoms with Crippen LogP contribution in [0.15, 0.2) is 29.0 Å². The number of rotatable bonds is 4. The van der Waals surface area contributed by atoms with Crippen LogP contribution in [0.4, 0.5) is 0 Å². The van der Waals surface area contributed by atoms with Gasteiger partial charge in [-0.1, -0.05) is 6.58 Å². The lowest BCUT2D eigenvalue weighted by molar-refractivity contribution is 0.0221. The van der Waals surface area contributed by atoms with Crippen LogP contribution in [-0.4, -0.2) is 28.1 Å². The molecule has 1 aliphatic rings. The predicted molar refractivity (Wildman–Crippen MR) is 69.5 cm³/mol. The van der Waals surface area contributed by atoms with E-state index in [1.807, 2.05) is 13.8 Å². The van der Waals surface area contributed by atoms with E-state index in [1.165, 1.54) is 6.20 Å². The minimum absolute atomic E-state index is 0.0537. The van der Waals surface area contributed by atoms with Gasteiger partial charge in [0.2, 0.25) is 0 Å². The number of aliphatic hydroxyl groups is 2. The highest BCUT2D eigenvalue weighted by atomic mass is 16.3. The molecule has 4 heteroatoms. The standard InChI is InChI=1S/C13H22N2O2/c1-4-15-11(8(2)9(3)14)7-10-5-6-12(16)13(10)17/h4,10,12-13,16-17H,1,5-7,14H2,2-3H3/b9-8+,15-11-/t10-,12+,13-/m0/s1. The summed E-state index contributed by atoms with van der Waals surface area (Å²) in [4.78, 5) is 4.22. The number of hydrogen-bond acceptors (Lipinski definition) is 4. The summed E-state index contributed by atoms with van der Waals surface area (Å²) in [7, 11) is 0. The Kier molecular flexibility index (Phi) is 4.90. The second kappa shape index (κ2) is 5.98. The first-order valence-corrected chi connectivity index (χ1v) is 5.94. The first kappa shape index (κ1) is 13.9. The Labute approximate surface area is 103 Å². The Morgan fingerprint density at radius 2 is 2.06 bits per heavy atom. The van der Waals surface area contributed by atoms with E-state index in [0.29, 0.717) is 12.8 Å². The molecule has 0 aromatic heterocycles. The predicted octanol–water partition coefficient (Wildman–Crippen LogP) is 1.35. The second-order valence-electron chi connectivity index (χ2n) is 4.67. The minimum Gasteiger partial charge on any atom is -0.402 e. The topological polar surface area (TPSA) is 78.8 Å². The largest absolute Gasteiger partial charge is 0.402 e. The minimum atomic E-state index is -0.657. The van der Waals surface area contributed by atoms with E-state index in [0.717, 1.165) is 23.4 Å². The molecule has 0 bridgehead atoms. The van der Waals surface area contributed by atoms with Gasteiger partial charge in [0, 0.05) is 17.6 Å². The summed E-state index contributed by atoms with van der Waals surface area (Å²) in [5, 5.41) is 19.3. The highest BCUT2D eigenvalue weighted by molar-refractivity contribution is 6.00. The average molecular weight is 238 g/mol. The molecule has 1 saturated carbocycles. The third kappa shape index (κ3) is 3.41. The molecule has 0 amide bonds. The van der Waals surface area contributed by atoms with Gasteiger partial charge >= 0.3 is 0 Å². The summed E-state index contributed by atoms with van der Waals surface area (Å²) >= 11 is 0. The fraction of sp³-hybridized carbons (Fsp3) is 0.615. The molecule has 1 rings (SSSR count). The number of aliphatic hydroxyl groups excluding tert-OH is 2. The maximum Gasteiger partial charge on any atom is 0.0830 e. The number of allylic oxidation sites excluding steroid dienone is 2. The molecule has 0 saturated heterocycles. The lowest BCUT2D eigenvalue weighted by atomic mass is 9.94. The van der Waals surface area contributed by atoms with Gasteiger partial charge < -0.3 is 15.9 Å². The molecular weight excluding hydrogens is 216 g/mol. The van der Waals surface area contributed by atoms with Crippen molar-refractivity contribution >= 4 is 5.71 Å². The molecule has 17 heavy (non-hydrogen) atoms. The molecule has 0 spiro atoms. The van der Waals surface area contributed by atoms with Crippen LogP contribution in [0, 0.1) is 5.92 Å². The van der Waals surface area contributed by atoms with Crippen molar-refractivity contribution in [2.75, 3.05) is 0 Å². The maximum absolute atomic E-state index is 9.82. The second-order valence-corrected chi connectivity index (χ2v) is 4.67. The van der Waals surface area contributed by atoms with Crippen LogP contribution in [0.1, 0.15) is 33.1 Å². The van der Waals surface area contributed by atoms with Gasteiger partial charge in [0.1, 0.15) is 0 Å². The van der Waals surface area contributed by atoms with Gasteiger partial charge in [-0.2, -0.15) is 0 Å². The number of nitrogens with zero attached hydrogens (tertiary/aromatic N) is 1. The summed E-state index contributed by atoms with van der Waals surface area (Å²) in [6.07, 6.45) is 2.32.